The molecular formula is C59H73F7N7O6S. The highest BCUT2D eigenvalue weighted by Gasteiger charge is 2.50. The quantitative estimate of drug-likeness (QED) is 0.0572. The van der Waals surface area contributed by atoms with Crippen LogP contribution in [0.15, 0.2) is 78.9 Å². The number of halogens is 7. The Labute approximate surface area is 468 Å². The SMILES string of the molecule is CN(CCN1CC[CH]CC1)C(=O)CCCCCNc1ccc(C(=O)N(C)CCCN(C)C(=O)CO[C@H]2Cc3ccccc3C23CCN(CC[C@@]2(c4ccc(F)cc4)CN(C(=O)c4cc(C(F)(F)F)cc(C(F)(F)F)c4)CO2)CC3)s1. The lowest BCUT2D eigenvalue weighted by Crippen LogP contribution is -2.50. The Morgan fingerprint density at radius 1 is 0.750 bits per heavy atom. The molecule has 3 saturated heterocycles. The van der Waals surface area contributed by atoms with E-state index in [0.717, 1.165) is 80.3 Å². The third-order valence-electron chi connectivity index (χ3n) is 16.4. The van der Waals surface area contributed by atoms with Crippen LogP contribution in [-0.4, -0.2) is 166 Å². The molecule has 80 heavy (non-hydrogen) atoms. The minimum absolute atomic E-state index is 0.0257. The van der Waals surface area contributed by atoms with Crippen molar-refractivity contribution in [1.82, 2.24) is 29.4 Å². The molecule has 1 aromatic heterocycles. The molecule has 1 N–H and O–H groups in total. The van der Waals surface area contributed by atoms with E-state index in [2.05, 4.69) is 33.7 Å². The van der Waals surface area contributed by atoms with Crippen LogP contribution in [0.25, 0.3) is 0 Å². The maximum atomic E-state index is 14.2. The summed E-state index contributed by atoms with van der Waals surface area (Å²) in [5.41, 5.74) is -2.81. The average Bonchev–Trinajstić information content (AvgIpc) is 4.20. The van der Waals surface area contributed by atoms with Gasteiger partial charge in [0, 0.05) is 77.8 Å². The van der Waals surface area contributed by atoms with Gasteiger partial charge in [0.2, 0.25) is 11.8 Å². The van der Waals surface area contributed by atoms with Gasteiger partial charge in [-0.2, -0.15) is 26.3 Å². The van der Waals surface area contributed by atoms with Gasteiger partial charge in [0.25, 0.3) is 11.8 Å². The lowest BCUT2D eigenvalue weighted by atomic mass is 9.72. The van der Waals surface area contributed by atoms with Gasteiger partial charge in [-0.1, -0.05) is 42.8 Å². The van der Waals surface area contributed by atoms with Gasteiger partial charge in [-0.3, -0.25) is 19.2 Å². The van der Waals surface area contributed by atoms with Crippen LogP contribution in [0.2, 0.25) is 0 Å². The molecule has 4 heterocycles. The van der Waals surface area contributed by atoms with E-state index in [-0.39, 0.29) is 49.5 Å². The lowest BCUT2D eigenvalue weighted by molar-refractivity contribution is -0.143. The number of benzene rings is 3. The Kier molecular flexibility index (Phi) is 20.1. The van der Waals surface area contributed by atoms with Gasteiger partial charge in [-0.15, -0.1) is 11.3 Å². The van der Waals surface area contributed by atoms with Crippen molar-refractivity contribution >= 4 is 40.0 Å². The highest BCUT2D eigenvalue weighted by atomic mass is 32.1. The summed E-state index contributed by atoms with van der Waals surface area (Å²) in [6.07, 6.45) is 0.0483. The molecule has 0 bridgehead atoms. The van der Waals surface area contributed by atoms with Gasteiger partial charge in [0.05, 0.1) is 33.7 Å². The van der Waals surface area contributed by atoms with Gasteiger partial charge in [0.1, 0.15) is 24.8 Å². The van der Waals surface area contributed by atoms with Crippen molar-refractivity contribution in [1.29, 1.82) is 0 Å². The zero-order valence-electron chi connectivity index (χ0n) is 45.8. The number of piperidine rings is 2. The molecule has 3 aromatic carbocycles. The fraction of sp³-hybridized carbons (Fsp3) is 0.542. The van der Waals surface area contributed by atoms with E-state index in [0.29, 0.717) is 87.4 Å². The Hall–Kier alpha value is -5.61. The predicted molar refractivity (Wildman–Crippen MR) is 291 cm³/mol. The molecule has 21 heteroatoms. The third kappa shape index (κ3) is 15.1. The van der Waals surface area contributed by atoms with E-state index in [1.807, 2.05) is 36.2 Å². The number of carbonyl (C=O) groups excluding carboxylic acids is 4. The molecule has 3 fully saturated rings. The third-order valence-corrected chi connectivity index (χ3v) is 17.4. The maximum absolute atomic E-state index is 14.2. The summed E-state index contributed by atoms with van der Waals surface area (Å²) in [7, 11) is 5.37. The van der Waals surface area contributed by atoms with E-state index >= 15 is 0 Å². The number of rotatable bonds is 23. The van der Waals surface area contributed by atoms with Crippen LogP contribution in [0.1, 0.15) is 112 Å². The summed E-state index contributed by atoms with van der Waals surface area (Å²) in [5, 5.41) is 4.32. The standard InChI is InChI=1S/C59H73F7N7O6S/c1-68(26-12-27-70(3)55(77)49-20-21-51(80-49)67-25-9-4-6-15-52(74)69(2)33-34-71-28-10-5-11-29-71)53(75)39-78-50-37-42-13-7-8-14-48(42)56(50)22-30-72(31-23-56)32-24-57(44-16-18-47(60)19-17-44)40-73(41-79-57)54(76)43-35-45(58(61,62)63)38-46(36-43)59(64,65)66/h5,7-8,13-14,16-21,35-36,38,50,67H,4,6,9-12,15,22-34,37,39-41H2,1-3H3/t50-,57-/m0/s1. The van der Waals surface area contributed by atoms with E-state index in [9.17, 15) is 49.9 Å². The van der Waals surface area contributed by atoms with Crippen molar-refractivity contribution in [2.24, 2.45) is 0 Å². The van der Waals surface area contributed by atoms with Crippen LogP contribution in [0.4, 0.5) is 35.7 Å². The highest BCUT2D eigenvalue weighted by Crippen LogP contribution is 2.48. The fourth-order valence-corrected chi connectivity index (χ4v) is 12.4. The number of alkyl halides is 6. The molecule has 1 aliphatic carbocycles. The van der Waals surface area contributed by atoms with Crippen LogP contribution in [0.5, 0.6) is 0 Å². The second-order valence-electron chi connectivity index (χ2n) is 21.8. The zero-order valence-corrected chi connectivity index (χ0v) is 46.6. The summed E-state index contributed by atoms with van der Waals surface area (Å²) in [4.78, 5) is 64.7. The molecule has 0 unspecified atom stereocenters. The minimum Gasteiger partial charge on any atom is -0.377 e. The van der Waals surface area contributed by atoms with Gasteiger partial charge in [-0.25, -0.2) is 4.39 Å². The second-order valence-corrected chi connectivity index (χ2v) is 22.9. The topological polar surface area (TPSA) is 118 Å². The summed E-state index contributed by atoms with van der Waals surface area (Å²) in [6, 6.07) is 18.2. The minimum atomic E-state index is -5.14. The van der Waals surface area contributed by atoms with Crippen molar-refractivity contribution in [2.45, 2.75) is 100 Å². The van der Waals surface area contributed by atoms with E-state index in [1.165, 1.54) is 41.2 Å². The van der Waals surface area contributed by atoms with Crippen LogP contribution in [-0.2, 0) is 48.9 Å². The average molecular weight is 1140 g/mol. The second kappa shape index (κ2) is 26.5. The van der Waals surface area contributed by atoms with Gasteiger partial charge >= 0.3 is 12.4 Å². The molecule has 2 atom stereocenters. The van der Waals surface area contributed by atoms with Crippen LogP contribution in [0, 0.1) is 12.2 Å². The molecule has 0 saturated carbocycles. The number of anilines is 1. The summed E-state index contributed by atoms with van der Waals surface area (Å²) in [5.74, 6) is -1.68. The number of nitrogens with zero attached hydrogens (tertiary/aromatic N) is 6. The lowest BCUT2D eigenvalue weighted by Gasteiger charge is -2.44. The van der Waals surface area contributed by atoms with Crippen molar-refractivity contribution < 1.29 is 59.4 Å². The summed E-state index contributed by atoms with van der Waals surface area (Å²) < 4.78 is 109. The van der Waals surface area contributed by atoms with Crippen LogP contribution < -0.4 is 5.32 Å². The first-order valence-electron chi connectivity index (χ1n) is 27.7. The largest absolute Gasteiger partial charge is 0.416 e. The van der Waals surface area contributed by atoms with Gasteiger partial charge in [-0.05, 0) is 150 Å². The number of amides is 4. The molecule has 435 valence electrons. The van der Waals surface area contributed by atoms with Crippen LogP contribution >= 0.6 is 11.3 Å². The van der Waals surface area contributed by atoms with Crippen molar-refractivity contribution in [3.05, 3.63) is 129 Å². The Bertz CT molecular complexity index is 2710. The van der Waals surface area contributed by atoms with Crippen molar-refractivity contribution in [3.8, 4) is 0 Å². The number of fused-ring (bicyclic) bond motifs is 2. The monoisotopic (exact) mass is 1140 g/mol. The molecule has 4 aliphatic rings. The number of likely N-dealkylation sites (tertiary alicyclic amines) is 2. The smallest absolute Gasteiger partial charge is 0.377 e. The number of hydrogen-bond donors (Lipinski definition) is 1. The number of carbonyl (C=O) groups is 4. The molecule has 1 spiro atoms. The summed E-state index contributed by atoms with van der Waals surface area (Å²) in [6.45, 7) is 6.35. The zero-order chi connectivity index (χ0) is 57.2. The summed E-state index contributed by atoms with van der Waals surface area (Å²) >= 11 is 1.41. The van der Waals surface area contributed by atoms with E-state index in [1.54, 1.807) is 23.9 Å². The number of unbranched alkanes of at least 4 members (excludes halogenated alkanes) is 2. The number of likely N-dealkylation sites (N-methyl/N-ethyl adjacent to an activating group) is 2. The Morgan fingerprint density at radius 2 is 1.41 bits per heavy atom. The molecule has 13 nitrogen and oxygen atoms in total. The van der Waals surface area contributed by atoms with Gasteiger partial charge < -0.3 is 44.2 Å². The highest BCUT2D eigenvalue weighted by molar-refractivity contribution is 7.17. The molecule has 1 radical (unpaired) electrons. The molecule has 3 aliphatic heterocycles. The van der Waals surface area contributed by atoms with E-state index < -0.39 is 58.5 Å². The molecular weight excluding hydrogens is 1070 g/mol. The number of hydrogen-bond acceptors (Lipinski definition) is 10. The Morgan fingerprint density at radius 3 is 2.11 bits per heavy atom. The van der Waals surface area contributed by atoms with E-state index in [4.69, 9.17) is 9.47 Å². The van der Waals surface area contributed by atoms with Gasteiger partial charge in [0.15, 0.2) is 0 Å². The first-order valence-corrected chi connectivity index (χ1v) is 28.5. The number of ether oxygens (including phenoxy) is 2. The number of thiophene rings is 1. The fourth-order valence-electron chi connectivity index (χ4n) is 11.5. The molecule has 8 rings (SSSR count). The molecule has 4 aromatic rings. The Balaban J connectivity index is 0.779. The maximum Gasteiger partial charge on any atom is 0.416 e. The first-order chi connectivity index (χ1) is 38.1. The van der Waals surface area contributed by atoms with Crippen molar-refractivity contribution in [3.63, 3.8) is 0 Å². The normalized spacial score (nSPS) is 19.5. The first kappa shape index (κ1) is 60.5. The predicted octanol–water partition coefficient (Wildman–Crippen LogP) is 9.97. The number of nitrogens with one attached hydrogen (secondary N) is 1. The molecule has 4 amide bonds. The van der Waals surface area contributed by atoms with Crippen LogP contribution in [0.3, 0.4) is 0 Å². The van der Waals surface area contributed by atoms with Crippen molar-refractivity contribution in [2.75, 3.05) is 112 Å².